The molecule has 0 aliphatic heterocycles. The van der Waals surface area contributed by atoms with Crippen molar-refractivity contribution in [2.75, 3.05) is 6.61 Å². The summed E-state index contributed by atoms with van der Waals surface area (Å²) < 4.78 is 6.79. The van der Waals surface area contributed by atoms with E-state index >= 15 is 0 Å². The van der Waals surface area contributed by atoms with Crippen LogP contribution in [0.1, 0.15) is 25.0 Å². The standard InChI is InChI=1S/C31H30BrClN2O3/c1-21(2)34-31(37)27(18-22-10-4-3-5-11-22)35(19-24-13-7-9-15-26(24)33)29(36)20-38-28-17-16-23-12-6-8-14-25(23)30(28)32/h3-17,21,27H,18-20H2,1-2H3,(H,34,37). The van der Waals surface area contributed by atoms with Crippen molar-refractivity contribution in [3.05, 3.63) is 112 Å². The summed E-state index contributed by atoms with van der Waals surface area (Å²) in [5.41, 5.74) is 1.70. The molecule has 0 saturated carbocycles. The summed E-state index contributed by atoms with van der Waals surface area (Å²) in [5.74, 6) is 0.0157. The SMILES string of the molecule is CC(C)NC(=O)C(Cc1ccccc1)N(Cc1ccccc1Cl)C(=O)COc1ccc2ccccc2c1Br. The Morgan fingerprint density at radius 2 is 1.61 bits per heavy atom. The van der Waals surface area contributed by atoms with Gasteiger partial charge in [0, 0.05) is 24.0 Å². The Morgan fingerprint density at radius 1 is 0.921 bits per heavy atom. The number of hydrogen-bond acceptors (Lipinski definition) is 3. The summed E-state index contributed by atoms with van der Waals surface area (Å²) in [4.78, 5) is 28.8. The summed E-state index contributed by atoms with van der Waals surface area (Å²) in [5, 5.41) is 5.57. The van der Waals surface area contributed by atoms with Gasteiger partial charge >= 0.3 is 0 Å². The Labute approximate surface area is 236 Å². The predicted molar refractivity (Wildman–Crippen MR) is 156 cm³/mol. The minimum atomic E-state index is -0.757. The van der Waals surface area contributed by atoms with E-state index in [0.717, 1.165) is 26.4 Å². The lowest BCUT2D eigenvalue weighted by atomic mass is 10.0. The Bertz CT molecular complexity index is 1410. The summed E-state index contributed by atoms with van der Waals surface area (Å²) >= 11 is 10.1. The molecule has 0 heterocycles. The van der Waals surface area contributed by atoms with Gasteiger partial charge in [0.25, 0.3) is 5.91 Å². The molecule has 1 unspecified atom stereocenters. The third-order valence-electron chi connectivity index (χ3n) is 6.18. The van der Waals surface area contributed by atoms with E-state index < -0.39 is 6.04 Å². The second kappa shape index (κ2) is 12.9. The second-order valence-electron chi connectivity index (χ2n) is 9.37. The molecular formula is C31H30BrClN2O3. The first-order valence-corrected chi connectivity index (χ1v) is 13.7. The van der Waals surface area contributed by atoms with Crippen LogP contribution in [0.3, 0.4) is 0 Å². The van der Waals surface area contributed by atoms with Crippen LogP contribution >= 0.6 is 27.5 Å². The molecule has 1 atom stereocenters. The first kappa shape index (κ1) is 27.7. The summed E-state index contributed by atoms with van der Waals surface area (Å²) in [7, 11) is 0. The van der Waals surface area contributed by atoms with Gasteiger partial charge < -0.3 is 15.0 Å². The van der Waals surface area contributed by atoms with E-state index in [9.17, 15) is 9.59 Å². The fourth-order valence-electron chi connectivity index (χ4n) is 4.29. The normalized spacial score (nSPS) is 11.8. The highest BCUT2D eigenvalue weighted by atomic mass is 79.9. The van der Waals surface area contributed by atoms with Gasteiger partial charge in [-0.15, -0.1) is 0 Å². The molecule has 4 aromatic rings. The molecular weight excluding hydrogens is 564 g/mol. The van der Waals surface area contributed by atoms with Crippen molar-refractivity contribution in [3.63, 3.8) is 0 Å². The number of rotatable bonds is 10. The minimum absolute atomic E-state index is 0.0807. The first-order chi connectivity index (χ1) is 18.3. The number of halogens is 2. The van der Waals surface area contributed by atoms with Crippen LogP contribution in [0.5, 0.6) is 5.75 Å². The zero-order valence-corrected chi connectivity index (χ0v) is 23.7. The average molecular weight is 594 g/mol. The van der Waals surface area contributed by atoms with Gasteiger partial charge in [0.05, 0.1) is 4.47 Å². The van der Waals surface area contributed by atoms with E-state index in [0.29, 0.717) is 17.2 Å². The maximum Gasteiger partial charge on any atom is 0.261 e. The van der Waals surface area contributed by atoms with Crippen LogP contribution in [0.15, 0.2) is 95.5 Å². The first-order valence-electron chi connectivity index (χ1n) is 12.5. The average Bonchev–Trinajstić information content (AvgIpc) is 2.91. The largest absolute Gasteiger partial charge is 0.483 e. The lowest BCUT2D eigenvalue weighted by Crippen LogP contribution is -2.52. The van der Waals surface area contributed by atoms with Crippen LogP contribution < -0.4 is 10.1 Å². The van der Waals surface area contributed by atoms with E-state index in [2.05, 4.69) is 21.2 Å². The van der Waals surface area contributed by atoms with Crippen molar-refractivity contribution in [2.24, 2.45) is 0 Å². The number of nitrogens with zero attached hydrogens (tertiary/aromatic N) is 1. The molecule has 0 fully saturated rings. The van der Waals surface area contributed by atoms with Crippen molar-refractivity contribution in [1.82, 2.24) is 10.2 Å². The highest BCUT2D eigenvalue weighted by Crippen LogP contribution is 2.33. The fourth-order valence-corrected chi connectivity index (χ4v) is 5.10. The number of ether oxygens (including phenoxy) is 1. The number of fused-ring (bicyclic) bond motifs is 1. The zero-order valence-electron chi connectivity index (χ0n) is 21.4. The number of amides is 2. The van der Waals surface area contributed by atoms with Crippen LogP contribution in [0.2, 0.25) is 5.02 Å². The third kappa shape index (κ3) is 6.94. The quantitative estimate of drug-likeness (QED) is 0.220. The van der Waals surface area contributed by atoms with Gasteiger partial charge in [-0.2, -0.15) is 0 Å². The van der Waals surface area contributed by atoms with Gasteiger partial charge in [-0.1, -0.05) is 90.5 Å². The number of benzene rings is 4. The number of carbonyl (C=O) groups excluding carboxylic acids is 2. The molecule has 0 bridgehead atoms. The molecule has 196 valence electrons. The van der Waals surface area contributed by atoms with Gasteiger partial charge in [-0.05, 0) is 63.8 Å². The monoisotopic (exact) mass is 592 g/mol. The van der Waals surface area contributed by atoms with Gasteiger partial charge in [0.15, 0.2) is 6.61 Å². The summed E-state index contributed by atoms with van der Waals surface area (Å²) in [6.07, 6.45) is 0.356. The fraction of sp³-hybridized carbons (Fsp3) is 0.226. The van der Waals surface area contributed by atoms with E-state index in [-0.39, 0.29) is 31.0 Å². The maximum absolute atomic E-state index is 13.8. The predicted octanol–water partition coefficient (Wildman–Crippen LogP) is 6.80. The summed E-state index contributed by atoms with van der Waals surface area (Å²) in [6, 6.07) is 27.9. The van der Waals surface area contributed by atoms with Crippen LogP contribution in [-0.4, -0.2) is 35.4 Å². The molecule has 1 N–H and O–H groups in total. The molecule has 0 radical (unpaired) electrons. The van der Waals surface area contributed by atoms with Crippen molar-refractivity contribution in [2.45, 2.75) is 38.9 Å². The number of hydrogen-bond donors (Lipinski definition) is 1. The van der Waals surface area contributed by atoms with Gasteiger partial charge in [-0.3, -0.25) is 9.59 Å². The Morgan fingerprint density at radius 3 is 2.34 bits per heavy atom. The third-order valence-corrected chi connectivity index (χ3v) is 7.37. The second-order valence-corrected chi connectivity index (χ2v) is 10.6. The van der Waals surface area contributed by atoms with Gasteiger partial charge in [-0.25, -0.2) is 0 Å². The lowest BCUT2D eigenvalue weighted by Gasteiger charge is -2.32. The molecule has 4 rings (SSSR count). The molecule has 38 heavy (non-hydrogen) atoms. The molecule has 0 aliphatic carbocycles. The zero-order chi connectivity index (χ0) is 27.1. The highest BCUT2D eigenvalue weighted by molar-refractivity contribution is 9.10. The maximum atomic E-state index is 13.8. The van der Waals surface area contributed by atoms with Crippen molar-refractivity contribution in [3.8, 4) is 5.75 Å². The van der Waals surface area contributed by atoms with Crippen molar-refractivity contribution < 1.29 is 14.3 Å². The van der Waals surface area contributed by atoms with Gasteiger partial charge in [0.1, 0.15) is 11.8 Å². The van der Waals surface area contributed by atoms with Crippen LogP contribution in [0.4, 0.5) is 0 Å². The van der Waals surface area contributed by atoms with Gasteiger partial charge in [0.2, 0.25) is 5.91 Å². The molecule has 0 aliphatic rings. The van der Waals surface area contributed by atoms with E-state index in [1.807, 2.05) is 98.8 Å². The van der Waals surface area contributed by atoms with E-state index in [1.165, 1.54) is 0 Å². The lowest BCUT2D eigenvalue weighted by molar-refractivity contribution is -0.143. The van der Waals surface area contributed by atoms with E-state index in [4.69, 9.17) is 16.3 Å². The number of carbonyl (C=O) groups is 2. The molecule has 0 aromatic heterocycles. The molecule has 5 nitrogen and oxygen atoms in total. The van der Waals surface area contributed by atoms with Crippen molar-refractivity contribution in [1.29, 1.82) is 0 Å². The Hall–Kier alpha value is -3.35. The Balaban J connectivity index is 1.65. The Kier molecular flexibility index (Phi) is 9.43. The minimum Gasteiger partial charge on any atom is -0.483 e. The van der Waals surface area contributed by atoms with Crippen LogP contribution in [0.25, 0.3) is 10.8 Å². The van der Waals surface area contributed by atoms with Crippen LogP contribution in [0, 0.1) is 0 Å². The molecule has 0 spiro atoms. The summed E-state index contributed by atoms with van der Waals surface area (Å²) in [6.45, 7) is 3.74. The number of nitrogens with one attached hydrogen (secondary N) is 1. The smallest absolute Gasteiger partial charge is 0.261 e. The molecule has 4 aromatic carbocycles. The topological polar surface area (TPSA) is 58.6 Å². The molecule has 7 heteroatoms. The van der Waals surface area contributed by atoms with E-state index in [1.54, 1.807) is 11.0 Å². The van der Waals surface area contributed by atoms with Crippen LogP contribution in [-0.2, 0) is 22.6 Å². The highest BCUT2D eigenvalue weighted by Gasteiger charge is 2.31. The molecule has 0 saturated heterocycles. The van der Waals surface area contributed by atoms with Crippen molar-refractivity contribution >= 4 is 50.1 Å². The molecule has 2 amide bonds.